The lowest BCUT2D eigenvalue weighted by molar-refractivity contribution is -0.181. The Morgan fingerprint density at radius 1 is 0.693 bits per heavy atom. The number of nitrogens with zero attached hydrogens (tertiary/aromatic N) is 4. The van der Waals surface area contributed by atoms with Crippen LogP contribution in [-0.2, 0) is 57.7 Å². The number of primary amides is 2. The number of phenols is 1. The first-order valence-electron chi connectivity index (χ1n) is 25.2. The smallest absolute Gasteiger partial charge is 0.235 e. The highest BCUT2D eigenvalue weighted by molar-refractivity contribution is 6.33. The van der Waals surface area contributed by atoms with Crippen molar-refractivity contribution < 1.29 is 62.9 Å². The van der Waals surface area contributed by atoms with Crippen molar-refractivity contribution in [1.29, 1.82) is 0 Å². The lowest BCUT2D eigenvalue weighted by Crippen LogP contribution is -2.74. The van der Waals surface area contributed by atoms with Crippen LogP contribution in [0.2, 0.25) is 0 Å². The van der Waals surface area contributed by atoms with Crippen LogP contribution in [0.5, 0.6) is 11.5 Å². The number of hydrogen-bond donors (Lipinski definition) is 4. The molecule has 75 heavy (non-hydrogen) atoms. The molecule has 6 unspecified atom stereocenters. The number of aromatic hydroxyl groups is 1. The zero-order valence-electron chi connectivity index (χ0n) is 42.2. The Balaban J connectivity index is 1.01. The lowest BCUT2D eigenvalue weighted by atomic mass is 9.52. The van der Waals surface area contributed by atoms with Gasteiger partial charge in [-0.1, -0.05) is 30.3 Å². The van der Waals surface area contributed by atoms with Crippen LogP contribution >= 0.6 is 0 Å². The summed E-state index contributed by atoms with van der Waals surface area (Å²) in [7, 11) is 8.34. The van der Waals surface area contributed by atoms with E-state index in [4.69, 9.17) is 16.2 Å². The predicted octanol–water partition coefficient (Wildman–Crippen LogP) is 0.0293. The fourth-order valence-electron chi connectivity index (χ4n) is 13.9. The molecular weight excluding hydrogens is 965 g/mol. The van der Waals surface area contributed by atoms with Crippen LogP contribution in [0.3, 0.4) is 0 Å². The quantitative estimate of drug-likeness (QED) is 0.171. The maximum absolute atomic E-state index is 15.2. The fraction of sp³-hybridized carbons (Fsp3) is 0.464. The third kappa shape index (κ3) is 8.07. The van der Waals surface area contributed by atoms with Gasteiger partial charge in [-0.15, -0.1) is 0 Å². The van der Waals surface area contributed by atoms with Crippen LogP contribution in [0.15, 0.2) is 48.5 Å². The molecule has 3 aromatic carbocycles. The number of carbonyl (C=O) groups excluding carboxylic acids is 10. The number of benzene rings is 3. The molecule has 0 bridgehead atoms. The Labute approximate surface area is 431 Å². The van der Waals surface area contributed by atoms with Crippen molar-refractivity contribution in [2.24, 2.45) is 64.7 Å². The van der Waals surface area contributed by atoms with Gasteiger partial charge in [-0.05, 0) is 131 Å². The number of amides is 2. The normalized spacial score (nSPS) is 31.7. The van der Waals surface area contributed by atoms with Gasteiger partial charge in [-0.3, -0.25) is 62.6 Å². The number of aliphatic hydroxyl groups is 1. The second kappa shape index (κ2) is 18.9. The topological polar surface area (TPSA) is 285 Å². The van der Waals surface area contributed by atoms with Gasteiger partial charge in [0.1, 0.15) is 11.9 Å². The van der Waals surface area contributed by atoms with Gasteiger partial charge in [-0.25, -0.2) is 0 Å². The van der Waals surface area contributed by atoms with Crippen molar-refractivity contribution in [1.82, 2.24) is 19.6 Å². The van der Waals surface area contributed by atoms with Crippen molar-refractivity contribution in [2.45, 2.75) is 49.9 Å². The van der Waals surface area contributed by atoms with Gasteiger partial charge >= 0.3 is 0 Å². The molecule has 0 spiro atoms. The second-order valence-corrected chi connectivity index (χ2v) is 22.0. The van der Waals surface area contributed by atoms with Gasteiger partial charge in [-0.2, -0.15) is 0 Å². The molecule has 3 aromatic rings. The molecule has 6 aliphatic carbocycles. The molecule has 1 aliphatic heterocycles. The third-order valence-electron chi connectivity index (χ3n) is 17.3. The number of likely N-dealkylation sites (N-methyl/N-ethyl adjacent to an activating group) is 3. The molecule has 1 heterocycles. The van der Waals surface area contributed by atoms with Crippen LogP contribution in [-0.4, -0.2) is 167 Å². The number of piperazine rings is 1. The summed E-state index contributed by atoms with van der Waals surface area (Å²) in [6.45, 7) is 4.50. The number of ether oxygens (including phenoxy) is 1. The number of phenolic OH excluding ortho intramolecular Hbond substituents is 1. The third-order valence-corrected chi connectivity index (χ3v) is 17.3. The van der Waals surface area contributed by atoms with E-state index in [1.54, 1.807) is 20.2 Å². The molecule has 4 saturated carbocycles. The number of nitrogens with two attached hydrogens (primary N) is 2. The van der Waals surface area contributed by atoms with E-state index in [2.05, 4.69) is 28.9 Å². The standard InChI is InChI=1S/C56H58N6O13/c1-59(2)44-33-22-28-20-31-27(10-12-35(63)39(31)46(64)37(28)47(65)41(33)49(67)42(50(44)68)54(57)72)14-19-75-36-13-11-30(26-8-6-25(7-9-26)24-62-17-15-61(5)16-18-62)32-21-29-23-34-45(60(3)4)51(69)43(55(58)73)53(71)56(34,74)52(70)38(29)48(66)40(32)36/h6-13,28-29,33-34,37-38,41-45,63,74H,15-18,20-24H2,1-5H3,(H2,57,72)(H2,58,73)/t28-,29-,33+,34-,37?,38?,41?,42?,43?,44?,45-,56-/m1/s1. The van der Waals surface area contributed by atoms with E-state index in [1.807, 2.05) is 24.3 Å². The van der Waals surface area contributed by atoms with E-state index < -0.39 is 135 Å². The summed E-state index contributed by atoms with van der Waals surface area (Å²) in [6.07, 6.45) is 2.74. The Morgan fingerprint density at radius 2 is 1.31 bits per heavy atom. The van der Waals surface area contributed by atoms with Gasteiger partial charge in [0.25, 0.3) is 0 Å². The number of ketones is 8. The minimum absolute atomic E-state index is 0.0264. The Hall–Kier alpha value is -7.08. The van der Waals surface area contributed by atoms with Crippen molar-refractivity contribution in [3.63, 3.8) is 0 Å². The van der Waals surface area contributed by atoms with Crippen molar-refractivity contribution in [3.05, 3.63) is 81.9 Å². The number of hydrogen-bond acceptors (Lipinski definition) is 17. The van der Waals surface area contributed by atoms with Crippen molar-refractivity contribution >= 4 is 58.1 Å². The van der Waals surface area contributed by atoms with Gasteiger partial charge < -0.3 is 31.3 Å². The van der Waals surface area contributed by atoms with E-state index in [0.717, 1.165) is 43.9 Å². The molecule has 1 saturated heterocycles. The summed E-state index contributed by atoms with van der Waals surface area (Å²) in [5.74, 6) is -19.3. The van der Waals surface area contributed by atoms with E-state index in [0.29, 0.717) is 11.1 Å². The van der Waals surface area contributed by atoms with Gasteiger partial charge in [0.15, 0.2) is 69.5 Å². The van der Waals surface area contributed by atoms with E-state index >= 15 is 4.79 Å². The van der Waals surface area contributed by atoms with Crippen LogP contribution < -0.4 is 16.2 Å². The maximum Gasteiger partial charge on any atom is 0.235 e. The van der Waals surface area contributed by atoms with Crippen molar-refractivity contribution in [3.8, 4) is 34.7 Å². The molecule has 19 heteroatoms. The molecule has 2 amide bonds. The van der Waals surface area contributed by atoms with Crippen LogP contribution in [0.25, 0.3) is 11.1 Å². The highest BCUT2D eigenvalue weighted by Gasteiger charge is 2.69. The first-order valence-corrected chi connectivity index (χ1v) is 25.2. The summed E-state index contributed by atoms with van der Waals surface area (Å²) < 4.78 is 6.13. The number of rotatable bonds is 8. The van der Waals surface area contributed by atoms with E-state index in [-0.39, 0.29) is 53.7 Å². The minimum Gasteiger partial charge on any atom is -0.507 e. The first kappa shape index (κ1) is 51.4. The number of fused-ring (bicyclic) bond motifs is 6. The Kier molecular flexibility index (Phi) is 13.0. The summed E-state index contributed by atoms with van der Waals surface area (Å²) in [4.78, 5) is 146. The van der Waals surface area contributed by atoms with Gasteiger partial charge in [0.05, 0.1) is 41.0 Å². The molecule has 390 valence electrons. The highest BCUT2D eigenvalue weighted by atomic mass is 16.5. The van der Waals surface area contributed by atoms with Crippen LogP contribution in [0.1, 0.15) is 55.8 Å². The summed E-state index contributed by atoms with van der Waals surface area (Å²) in [6, 6.07) is 11.7. The molecule has 0 aromatic heterocycles. The van der Waals surface area contributed by atoms with Gasteiger partial charge in [0.2, 0.25) is 11.8 Å². The first-order chi connectivity index (χ1) is 35.6. The Bertz CT molecular complexity index is 3130. The van der Waals surface area contributed by atoms with Crippen molar-refractivity contribution in [2.75, 3.05) is 61.4 Å². The summed E-state index contributed by atoms with van der Waals surface area (Å²) >= 11 is 0. The van der Waals surface area contributed by atoms with Crippen LogP contribution in [0, 0.1) is 65.3 Å². The number of Topliss-reactive ketones (excluding diaryl/α,β-unsaturated/α-hetero) is 8. The molecule has 19 nitrogen and oxygen atoms in total. The SMILES string of the molecule is CN1CCN(Cc2ccc(-c3ccc(OC#Cc4ccc(O)c5c4C[C@@H]4C[C@H]6C(C(=O)C(C(N)=O)C(=O)C6N(C)C)C(=O)C4C5=O)c4c3C[C@@H]3C[C@@H]5[C@@H](N(C)C)C(=O)C(C(N)=O)C(=O)[C@]5(O)C(=O)C3C4=O)cc2)CC1. The zero-order valence-corrected chi connectivity index (χ0v) is 42.2. The molecule has 12 atom stereocenters. The molecule has 10 rings (SSSR count). The van der Waals surface area contributed by atoms with E-state index in [9.17, 15) is 53.4 Å². The molecule has 0 radical (unpaired) electrons. The number of carbonyl (C=O) groups is 10. The lowest BCUT2D eigenvalue weighted by Gasteiger charge is -2.52. The predicted molar refractivity (Wildman–Crippen MR) is 265 cm³/mol. The summed E-state index contributed by atoms with van der Waals surface area (Å²) in [5.41, 5.74) is 11.5. The second-order valence-electron chi connectivity index (χ2n) is 22.0. The largest absolute Gasteiger partial charge is 0.507 e. The fourth-order valence-corrected chi connectivity index (χ4v) is 13.9. The molecule has 6 N–H and O–H groups in total. The average Bonchev–Trinajstić information content (AvgIpc) is 3.36. The Morgan fingerprint density at radius 3 is 1.95 bits per heavy atom. The van der Waals surface area contributed by atoms with Gasteiger partial charge in [0, 0.05) is 44.2 Å². The minimum atomic E-state index is -2.89. The molecular formula is C56H58N6O13. The van der Waals surface area contributed by atoms with E-state index in [1.165, 1.54) is 42.1 Å². The maximum atomic E-state index is 15.2. The molecule has 7 aliphatic rings. The van der Waals surface area contributed by atoms with Crippen LogP contribution in [0.4, 0.5) is 0 Å². The average molecular weight is 1020 g/mol. The zero-order chi connectivity index (χ0) is 53.8. The molecule has 5 fully saturated rings. The monoisotopic (exact) mass is 1020 g/mol. The highest BCUT2D eigenvalue weighted by Crippen LogP contribution is 2.53. The summed E-state index contributed by atoms with van der Waals surface area (Å²) in [5, 5.41) is 23.4.